The van der Waals surface area contributed by atoms with Gasteiger partial charge in [0.25, 0.3) is 0 Å². The normalized spacial score (nSPS) is 10.7. The number of aromatic nitrogens is 2. The molecule has 100 valence electrons. The van der Waals surface area contributed by atoms with Crippen LogP contribution >= 0.6 is 23.2 Å². The number of halogens is 2. The molecule has 2 N–H and O–H groups in total. The Morgan fingerprint density at radius 1 is 1.11 bits per heavy atom. The van der Waals surface area contributed by atoms with Gasteiger partial charge in [-0.15, -0.1) is 0 Å². The van der Waals surface area contributed by atoms with Gasteiger partial charge in [0, 0.05) is 28.3 Å². The number of nitrogens with two attached hydrogens (primary N) is 1. The maximum Gasteiger partial charge on any atom is 0.157 e. The van der Waals surface area contributed by atoms with Crippen LogP contribution in [0.1, 0.15) is 12.7 Å². The second kappa shape index (κ2) is 6.19. The minimum atomic E-state index is 0.322. The van der Waals surface area contributed by atoms with Gasteiger partial charge in [0.2, 0.25) is 0 Å². The van der Waals surface area contributed by atoms with Gasteiger partial charge in [-0.1, -0.05) is 23.2 Å². The van der Waals surface area contributed by atoms with Gasteiger partial charge in [0.05, 0.1) is 5.69 Å². The summed E-state index contributed by atoms with van der Waals surface area (Å²) in [6.07, 6.45) is 0. The standard InChI is InChI=1S/C13H13Cl2N3O/c1-2-19-7-13-17-11(6-12(16)18-13)8-3-9(14)5-10(15)4-8/h3-6H,2,7H2,1H3,(H2,16,17,18). The third-order valence-electron chi connectivity index (χ3n) is 2.39. The fraction of sp³-hybridized carbons (Fsp3) is 0.231. The SMILES string of the molecule is CCOCc1nc(N)cc(-c2cc(Cl)cc(Cl)c2)n1. The first-order valence-corrected chi connectivity index (χ1v) is 6.51. The molecule has 2 aromatic rings. The van der Waals surface area contributed by atoms with Crippen molar-refractivity contribution in [3.63, 3.8) is 0 Å². The van der Waals surface area contributed by atoms with Crippen LogP contribution in [0.4, 0.5) is 5.82 Å². The van der Waals surface area contributed by atoms with Crippen molar-refractivity contribution < 1.29 is 4.74 Å². The van der Waals surface area contributed by atoms with Crippen molar-refractivity contribution in [1.82, 2.24) is 9.97 Å². The Balaban J connectivity index is 2.40. The lowest BCUT2D eigenvalue weighted by molar-refractivity contribution is 0.128. The van der Waals surface area contributed by atoms with E-state index in [9.17, 15) is 0 Å². The molecular weight excluding hydrogens is 285 g/mol. The topological polar surface area (TPSA) is 61.0 Å². The molecule has 0 saturated carbocycles. The average molecular weight is 298 g/mol. The van der Waals surface area contributed by atoms with Gasteiger partial charge in [0.1, 0.15) is 12.4 Å². The summed E-state index contributed by atoms with van der Waals surface area (Å²) < 4.78 is 5.28. The Kier molecular flexibility index (Phi) is 4.58. The highest BCUT2D eigenvalue weighted by Gasteiger charge is 2.07. The molecule has 0 bridgehead atoms. The summed E-state index contributed by atoms with van der Waals surface area (Å²) in [6.45, 7) is 2.82. The third kappa shape index (κ3) is 3.80. The van der Waals surface area contributed by atoms with Gasteiger partial charge < -0.3 is 10.5 Å². The number of benzene rings is 1. The minimum Gasteiger partial charge on any atom is -0.384 e. The van der Waals surface area contributed by atoms with Gasteiger partial charge >= 0.3 is 0 Å². The molecule has 6 heteroatoms. The van der Waals surface area contributed by atoms with Crippen molar-refractivity contribution in [2.45, 2.75) is 13.5 Å². The van der Waals surface area contributed by atoms with Gasteiger partial charge in [-0.25, -0.2) is 9.97 Å². The summed E-state index contributed by atoms with van der Waals surface area (Å²) in [7, 11) is 0. The van der Waals surface area contributed by atoms with Crippen molar-refractivity contribution in [2.24, 2.45) is 0 Å². The van der Waals surface area contributed by atoms with E-state index < -0.39 is 0 Å². The zero-order chi connectivity index (χ0) is 13.8. The number of anilines is 1. The first-order chi connectivity index (χ1) is 9.08. The van der Waals surface area contributed by atoms with Gasteiger partial charge in [-0.2, -0.15) is 0 Å². The molecular formula is C13H13Cl2N3O. The highest BCUT2D eigenvalue weighted by atomic mass is 35.5. The maximum atomic E-state index is 5.98. The van der Waals surface area contributed by atoms with Gasteiger partial charge in [0.15, 0.2) is 5.82 Å². The summed E-state index contributed by atoms with van der Waals surface area (Å²) in [5, 5.41) is 1.09. The Hall–Kier alpha value is -1.36. The fourth-order valence-electron chi connectivity index (χ4n) is 1.63. The quantitative estimate of drug-likeness (QED) is 0.937. The molecule has 1 heterocycles. The molecule has 19 heavy (non-hydrogen) atoms. The van der Waals surface area contributed by atoms with Crippen LogP contribution in [0.2, 0.25) is 10.0 Å². The Morgan fingerprint density at radius 2 is 1.79 bits per heavy atom. The Bertz CT molecular complexity index is 570. The van der Waals surface area contributed by atoms with Crippen LogP contribution in [0.25, 0.3) is 11.3 Å². The lowest BCUT2D eigenvalue weighted by Crippen LogP contribution is -2.03. The number of rotatable bonds is 4. The number of hydrogen-bond donors (Lipinski definition) is 1. The average Bonchev–Trinajstić information content (AvgIpc) is 2.34. The predicted molar refractivity (Wildman–Crippen MR) is 77.2 cm³/mol. The highest BCUT2D eigenvalue weighted by molar-refractivity contribution is 6.35. The number of nitrogen functional groups attached to an aromatic ring is 1. The molecule has 0 radical (unpaired) electrons. The van der Waals surface area contributed by atoms with Crippen LogP contribution in [0, 0.1) is 0 Å². The van der Waals surface area contributed by atoms with Crippen LogP contribution in [0.5, 0.6) is 0 Å². The minimum absolute atomic E-state index is 0.322. The van der Waals surface area contributed by atoms with Crippen LogP contribution in [0.15, 0.2) is 24.3 Å². The molecule has 1 aromatic carbocycles. The molecule has 0 fully saturated rings. The molecule has 0 atom stereocenters. The van der Waals surface area contributed by atoms with E-state index in [1.807, 2.05) is 6.92 Å². The van der Waals surface area contributed by atoms with E-state index in [0.717, 1.165) is 5.56 Å². The van der Waals surface area contributed by atoms with E-state index in [1.54, 1.807) is 24.3 Å². The van der Waals surface area contributed by atoms with Crippen molar-refractivity contribution in [3.8, 4) is 11.3 Å². The summed E-state index contributed by atoms with van der Waals surface area (Å²) >= 11 is 12.0. The number of ether oxygens (including phenoxy) is 1. The van der Waals surface area contributed by atoms with Crippen molar-refractivity contribution >= 4 is 29.0 Å². The van der Waals surface area contributed by atoms with E-state index in [1.165, 1.54) is 0 Å². The van der Waals surface area contributed by atoms with Crippen molar-refractivity contribution in [2.75, 3.05) is 12.3 Å². The van der Waals surface area contributed by atoms with Crippen molar-refractivity contribution in [3.05, 3.63) is 40.1 Å². The zero-order valence-electron chi connectivity index (χ0n) is 10.4. The maximum absolute atomic E-state index is 5.98. The van der Waals surface area contributed by atoms with E-state index in [4.69, 9.17) is 33.7 Å². The molecule has 0 amide bonds. The summed E-state index contributed by atoms with van der Waals surface area (Å²) in [4.78, 5) is 8.51. The first kappa shape index (κ1) is 14.1. The highest BCUT2D eigenvalue weighted by Crippen LogP contribution is 2.26. The van der Waals surface area contributed by atoms with Crippen LogP contribution in [-0.2, 0) is 11.3 Å². The van der Waals surface area contributed by atoms with Crippen LogP contribution in [0.3, 0.4) is 0 Å². The Labute approximate surface area is 121 Å². The molecule has 2 rings (SSSR count). The lowest BCUT2D eigenvalue weighted by atomic mass is 10.1. The lowest BCUT2D eigenvalue weighted by Gasteiger charge is -2.07. The molecule has 0 aliphatic heterocycles. The van der Waals surface area contributed by atoms with E-state index in [-0.39, 0.29) is 0 Å². The summed E-state index contributed by atoms with van der Waals surface area (Å²) in [5.41, 5.74) is 7.24. The fourth-order valence-corrected chi connectivity index (χ4v) is 2.15. The van der Waals surface area contributed by atoms with Crippen molar-refractivity contribution in [1.29, 1.82) is 0 Å². The summed E-state index contributed by atoms with van der Waals surface area (Å²) in [6, 6.07) is 6.90. The number of hydrogen-bond acceptors (Lipinski definition) is 4. The smallest absolute Gasteiger partial charge is 0.157 e. The molecule has 0 unspecified atom stereocenters. The van der Waals surface area contributed by atoms with Crippen LogP contribution in [-0.4, -0.2) is 16.6 Å². The largest absolute Gasteiger partial charge is 0.384 e. The second-order valence-electron chi connectivity index (χ2n) is 3.89. The molecule has 0 spiro atoms. The van der Waals surface area contributed by atoms with Gasteiger partial charge in [-0.3, -0.25) is 0 Å². The van der Waals surface area contributed by atoms with E-state index >= 15 is 0 Å². The molecule has 0 aliphatic rings. The monoisotopic (exact) mass is 297 g/mol. The van der Waals surface area contributed by atoms with Crippen LogP contribution < -0.4 is 5.73 Å². The third-order valence-corrected chi connectivity index (χ3v) is 2.82. The van der Waals surface area contributed by atoms with E-state index in [2.05, 4.69) is 9.97 Å². The second-order valence-corrected chi connectivity index (χ2v) is 4.76. The van der Waals surface area contributed by atoms with Gasteiger partial charge in [-0.05, 0) is 25.1 Å². The molecule has 1 aromatic heterocycles. The summed E-state index contributed by atoms with van der Waals surface area (Å²) in [5.74, 6) is 0.920. The van der Waals surface area contributed by atoms with E-state index in [0.29, 0.717) is 40.6 Å². The number of nitrogens with zero attached hydrogens (tertiary/aromatic N) is 2. The molecule has 0 saturated heterocycles. The zero-order valence-corrected chi connectivity index (χ0v) is 11.9. The Morgan fingerprint density at radius 3 is 2.42 bits per heavy atom. The first-order valence-electron chi connectivity index (χ1n) is 5.76. The predicted octanol–water partition coefficient (Wildman–Crippen LogP) is 3.57. The molecule has 4 nitrogen and oxygen atoms in total. The molecule has 0 aliphatic carbocycles.